The van der Waals surface area contributed by atoms with Crippen LogP contribution in [-0.4, -0.2) is 31.2 Å². The third-order valence-corrected chi connectivity index (χ3v) is 4.45. The molecule has 1 aromatic heterocycles. The number of H-pyrrole nitrogens is 1. The molecule has 4 N–H and O–H groups in total. The highest BCUT2D eigenvalue weighted by molar-refractivity contribution is 7.89. The number of sulfonamides is 1. The molecule has 0 aliphatic heterocycles. The van der Waals surface area contributed by atoms with E-state index in [9.17, 15) is 8.42 Å². The monoisotopic (exact) mass is 260 g/mol. The van der Waals surface area contributed by atoms with Gasteiger partial charge in [-0.25, -0.2) is 13.1 Å². The highest BCUT2D eigenvalue weighted by Crippen LogP contribution is 2.17. The van der Waals surface area contributed by atoms with E-state index < -0.39 is 10.0 Å². The molecule has 0 amide bonds. The second kappa shape index (κ2) is 5.16. The molecule has 7 heteroatoms. The summed E-state index contributed by atoms with van der Waals surface area (Å²) in [5.41, 5.74) is 6.56. The average molecular weight is 260 g/mol. The first-order valence-electron chi connectivity index (χ1n) is 5.53. The van der Waals surface area contributed by atoms with E-state index in [1.807, 2.05) is 13.8 Å². The van der Waals surface area contributed by atoms with Gasteiger partial charge in [0.25, 0.3) is 0 Å². The van der Waals surface area contributed by atoms with Gasteiger partial charge in [-0.15, -0.1) is 0 Å². The molecule has 0 aliphatic rings. The highest BCUT2D eigenvalue weighted by Gasteiger charge is 2.26. The van der Waals surface area contributed by atoms with Crippen molar-refractivity contribution in [2.45, 2.75) is 38.6 Å². The molecule has 0 radical (unpaired) electrons. The first-order chi connectivity index (χ1) is 7.79. The molecule has 6 nitrogen and oxygen atoms in total. The van der Waals surface area contributed by atoms with Crippen LogP contribution >= 0.6 is 0 Å². The van der Waals surface area contributed by atoms with Gasteiger partial charge in [0.2, 0.25) is 10.0 Å². The van der Waals surface area contributed by atoms with Crippen molar-refractivity contribution in [2.24, 2.45) is 11.7 Å². The zero-order valence-electron chi connectivity index (χ0n) is 10.6. The van der Waals surface area contributed by atoms with Crippen LogP contribution < -0.4 is 10.5 Å². The standard InChI is InChI=1S/C10H20N4O2S/c1-6(2)9(5-11)14-17(15,16)10-7(3)12-13-8(10)4/h6,9,14H,5,11H2,1-4H3,(H,12,13). The van der Waals surface area contributed by atoms with Crippen LogP contribution in [0.3, 0.4) is 0 Å². The number of nitrogens with one attached hydrogen (secondary N) is 2. The number of nitrogens with two attached hydrogens (primary N) is 1. The van der Waals surface area contributed by atoms with E-state index in [2.05, 4.69) is 14.9 Å². The van der Waals surface area contributed by atoms with Crippen molar-refractivity contribution < 1.29 is 8.42 Å². The minimum atomic E-state index is -3.56. The average Bonchev–Trinajstić information content (AvgIpc) is 2.55. The van der Waals surface area contributed by atoms with Crippen LogP contribution in [-0.2, 0) is 10.0 Å². The third-order valence-electron chi connectivity index (χ3n) is 2.69. The molecule has 1 unspecified atom stereocenters. The maximum atomic E-state index is 12.2. The Labute approximate surface area is 102 Å². The fourth-order valence-electron chi connectivity index (χ4n) is 1.65. The Morgan fingerprint density at radius 2 is 2.00 bits per heavy atom. The normalized spacial score (nSPS) is 14.2. The molecule has 98 valence electrons. The smallest absolute Gasteiger partial charge is 0.244 e. The van der Waals surface area contributed by atoms with Crippen molar-refractivity contribution in [3.05, 3.63) is 11.4 Å². The fourth-order valence-corrected chi connectivity index (χ4v) is 3.42. The van der Waals surface area contributed by atoms with Crippen molar-refractivity contribution in [1.29, 1.82) is 0 Å². The van der Waals surface area contributed by atoms with E-state index in [0.717, 1.165) is 0 Å². The summed E-state index contributed by atoms with van der Waals surface area (Å²) in [4.78, 5) is 0.219. The Bertz CT molecular complexity index is 459. The number of aromatic nitrogens is 2. The topological polar surface area (TPSA) is 101 Å². The van der Waals surface area contributed by atoms with Gasteiger partial charge in [-0.05, 0) is 19.8 Å². The summed E-state index contributed by atoms with van der Waals surface area (Å²) in [5.74, 6) is 0.141. The van der Waals surface area contributed by atoms with E-state index in [1.54, 1.807) is 13.8 Å². The molecule has 1 atom stereocenters. The lowest BCUT2D eigenvalue weighted by Crippen LogP contribution is -2.43. The van der Waals surface area contributed by atoms with Gasteiger partial charge in [0.1, 0.15) is 4.90 Å². The number of hydrogen-bond acceptors (Lipinski definition) is 4. The summed E-state index contributed by atoms with van der Waals surface area (Å²) in [6.07, 6.45) is 0. The van der Waals surface area contributed by atoms with Gasteiger partial charge in [0.05, 0.1) is 11.4 Å². The van der Waals surface area contributed by atoms with Crippen molar-refractivity contribution in [1.82, 2.24) is 14.9 Å². The molecule has 0 saturated carbocycles. The van der Waals surface area contributed by atoms with E-state index in [4.69, 9.17) is 5.73 Å². The van der Waals surface area contributed by atoms with Gasteiger partial charge in [0, 0.05) is 12.6 Å². The van der Waals surface area contributed by atoms with Crippen LogP contribution in [0.5, 0.6) is 0 Å². The van der Waals surface area contributed by atoms with Gasteiger partial charge in [0.15, 0.2) is 0 Å². The zero-order chi connectivity index (χ0) is 13.2. The summed E-state index contributed by atoms with van der Waals surface area (Å²) < 4.78 is 27.0. The summed E-state index contributed by atoms with van der Waals surface area (Å²) >= 11 is 0. The Hall–Kier alpha value is -0.920. The Morgan fingerprint density at radius 1 is 1.41 bits per heavy atom. The SMILES string of the molecule is Cc1n[nH]c(C)c1S(=O)(=O)NC(CN)C(C)C. The molecule has 0 aliphatic carbocycles. The zero-order valence-corrected chi connectivity index (χ0v) is 11.4. The van der Waals surface area contributed by atoms with E-state index >= 15 is 0 Å². The van der Waals surface area contributed by atoms with E-state index in [0.29, 0.717) is 11.4 Å². The number of nitrogens with zero attached hydrogens (tertiary/aromatic N) is 1. The maximum absolute atomic E-state index is 12.2. The molecule has 0 aromatic carbocycles. The predicted octanol–water partition coefficient (Wildman–Crippen LogP) is 0.288. The van der Waals surface area contributed by atoms with Gasteiger partial charge >= 0.3 is 0 Å². The molecule has 0 fully saturated rings. The lowest BCUT2D eigenvalue weighted by molar-refractivity contribution is 0.454. The summed E-state index contributed by atoms with van der Waals surface area (Å²) in [6.45, 7) is 7.46. The van der Waals surface area contributed by atoms with Gasteiger partial charge in [-0.1, -0.05) is 13.8 Å². The first-order valence-corrected chi connectivity index (χ1v) is 7.02. The molecular weight excluding hydrogens is 240 g/mol. The van der Waals surface area contributed by atoms with Crippen LogP contribution in [0.15, 0.2) is 4.90 Å². The molecule has 1 rings (SSSR count). The summed E-state index contributed by atoms with van der Waals surface area (Å²) in [5, 5.41) is 6.55. The minimum Gasteiger partial charge on any atom is -0.329 e. The molecule has 0 saturated heterocycles. The fraction of sp³-hybridized carbons (Fsp3) is 0.700. The van der Waals surface area contributed by atoms with Crippen molar-refractivity contribution in [3.63, 3.8) is 0 Å². The van der Waals surface area contributed by atoms with Crippen LogP contribution in [0.2, 0.25) is 0 Å². The molecular formula is C10H20N4O2S. The van der Waals surface area contributed by atoms with Crippen LogP contribution in [0.1, 0.15) is 25.2 Å². The van der Waals surface area contributed by atoms with Crippen molar-refractivity contribution >= 4 is 10.0 Å². The Balaban J connectivity index is 3.05. The molecule has 0 bridgehead atoms. The van der Waals surface area contributed by atoms with E-state index in [1.165, 1.54) is 0 Å². The molecule has 0 spiro atoms. The summed E-state index contributed by atoms with van der Waals surface area (Å²) in [6, 6.07) is -0.270. The van der Waals surface area contributed by atoms with E-state index in [-0.39, 0.29) is 23.4 Å². The number of aryl methyl sites for hydroxylation is 2. The van der Waals surface area contributed by atoms with Gasteiger partial charge in [-0.2, -0.15) is 5.10 Å². The maximum Gasteiger partial charge on any atom is 0.244 e. The van der Waals surface area contributed by atoms with Crippen LogP contribution in [0, 0.1) is 19.8 Å². The largest absolute Gasteiger partial charge is 0.329 e. The third kappa shape index (κ3) is 3.05. The Morgan fingerprint density at radius 3 is 2.35 bits per heavy atom. The molecule has 1 heterocycles. The van der Waals surface area contributed by atoms with Gasteiger partial charge < -0.3 is 5.73 Å². The lowest BCUT2D eigenvalue weighted by Gasteiger charge is -2.20. The highest BCUT2D eigenvalue weighted by atomic mass is 32.2. The van der Waals surface area contributed by atoms with Gasteiger partial charge in [-0.3, -0.25) is 5.10 Å². The predicted molar refractivity (Wildman–Crippen MR) is 66.1 cm³/mol. The number of aromatic amines is 1. The Kier molecular flexibility index (Phi) is 4.29. The number of rotatable bonds is 5. The minimum absolute atomic E-state index is 0.141. The lowest BCUT2D eigenvalue weighted by atomic mass is 10.1. The van der Waals surface area contributed by atoms with Crippen molar-refractivity contribution in [2.75, 3.05) is 6.54 Å². The quantitative estimate of drug-likeness (QED) is 0.708. The van der Waals surface area contributed by atoms with Crippen LogP contribution in [0.25, 0.3) is 0 Å². The molecule has 17 heavy (non-hydrogen) atoms. The number of hydrogen-bond donors (Lipinski definition) is 3. The molecule has 1 aromatic rings. The van der Waals surface area contributed by atoms with Crippen molar-refractivity contribution in [3.8, 4) is 0 Å². The summed E-state index contributed by atoms with van der Waals surface area (Å²) in [7, 11) is -3.56. The second-order valence-corrected chi connectivity index (χ2v) is 6.12. The second-order valence-electron chi connectivity index (χ2n) is 4.47. The van der Waals surface area contributed by atoms with Crippen LogP contribution in [0.4, 0.5) is 0 Å². The first kappa shape index (κ1) is 14.1.